The quantitative estimate of drug-likeness (QED) is 0.266. The van der Waals surface area contributed by atoms with Crippen molar-refractivity contribution in [1.29, 1.82) is 0 Å². The molecule has 5 rings (SSSR count). The second-order valence-corrected chi connectivity index (χ2v) is 14.2. The van der Waals surface area contributed by atoms with Gasteiger partial charge in [-0.25, -0.2) is 8.42 Å². The molecule has 0 unspecified atom stereocenters. The second-order valence-electron chi connectivity index (χ2n) is 12.3. The summed E-state index contributed by atoms with van der Waals surface area (Å²) in [5.74, 6) is 0.717. The molecule has 46 heavy (non-hydrogen) atoms. The van der Waals surface area contributed by atoms with E-state index in [1.807, 2.05) is 61.5 Å². The van der Waals surface area contributed by atoms with Gasteiger partial charge in [-0.3, -0.25) is 13.9 Å². The molecule has 246 valence electrons. The maximum absolute atomic E-state index is 14.2. The molecule has 1 saturated carbocycles. The monoisotopic (exact) mass is 647 g/mol. The average Bonchev–Trinajstić information content (AvgIpc) is 3.05. The van der Waals surface area contributed by atoms with Gasteiger partial charge in [0.25, 0.3) is 0 Å². The van der Waals surface area contributed by atoms with Crippen molar-refractivity contribution >= 4 is 27.5 Å². The molecule has 0 radical (unpaired) electrons. The lowest BCUT2D eigenvalue weighted by molar-refractivity contribution is -0.141. The largest absolute Gasteiger partial charge is 0.486 e. The highest BCUT2D eigenvalue weighted by Gasteiger charge is 2.32. The van der Waals surface area contributed by atoms with Gasteiger partial charge in [0.15, 0.2) is 11.5 Å². The summed E-state index contributed by atoms with van der Waals surface area (Å²) in [6.45, 7) is 3.20. The Balaban J connectivity index is 1.38. The van der Waals surface area contributed by atoms with E-state index < -0.39 is 16.1 Å². The minimum atomic E-state index is -3.65. The number of amides is 2. The maximum Gasteiger partial charge on any atom is 0.243 e. The minimum absolute atomic E-state index is 0.0738. The zero-order valence-corrected chi connectivity index (χ0v) is 27.6. The van der Waals surface area contributed by atoms with Crippen LogP contribution >= 0.6 is 0 Å². The molecule has 3 aromatic carbocycles. The highest BCUT2D eigenvalue weighted by atomic mass is 32.2. The van der Waals surface area contributed by atoms with Gasteiger partial charge < -0.3 is 19.7 Å². The second kappa shape index (κ2) is 15.5. The van der Waals surface area contributed by atoms with Crippen LogP contribution in [-0.2, 0) is 32.6 Å². The molecule has 10 heteroatoms. The number of benzene rings is 3. The number of hydrogen-bond donors (Lipinski definition) is 1. The van der Waals surface area contributed by atoms with E-state index in [1.54, 1.807) is 23.1 Å². The van der Waals surface area contributed by atoms with Crippen LogP contribution in [-0.4, -0.2) is 63.2 Å². The van der Waals surface area contributed by atoms with Crippen LogP contribution in [0.2, 0.25) is 0 Å². The van der Waals surface area contributed by atoms with E-state index in [-0.39, 0.29) is 43.8 Å². The van der Waals surface area contributed by atoms with Crippen LogP contribution < -0.4 is 19.1 Å². The van der Waals surface area contributed by atoms with E-state index in [0.29, 0.717) is 36.8 Å². The predicted molar refractivity (Wildman–Crippen MR) is 180 cm³/mol. The molecule has 0 bridgehead atoms. The summed E-state index contributed by atoms with van der Waals surface area (Å²) in [6, 6.07) is 22.2. The van der Waals surface area contributed by atoms with E-state index in [0.717, 1.165) is 48.6 Å². The SMILES string of the molecule is Cc1cccc(CN(C(=O)CCCN(c2ccc3c(c2)OCCO3)S(C)(=O)=O)[C@@H](Cc2ccccc2)C(=O)NC2CCCCC2)c1. The third kappa shape index (κ3) is 9.02. The van der Waals surface area contributed by atoms with E-state index in [4.69, 9.17) is 9.47 Å². The lowest BCUT2D eigenvalue weighted by atomic mass is 9.94. The molecular formula is C36H45N3O6S. The number of aryl methyl sites for hydroxylation is 1. The summed E-state index contributed by atoms with van der Waals surface area (Å²) < 4.78 is 38.3. The zero-order chi connectivity index (χ0) is 32.5. The molecule has 3 aromatic rings. The molecular weight excluding hydrogens is 602 g/mol. The first-order chi connectivity index (χ1) is 22.2. The topological polar surface area (TPSA) is 105 Å². The summed E-state index contributed by atoms with van der Waals surface area (Å²) in [6.07, 6.45) is 7.10. The first-order valence-electron chi connectivity index (χ1n) is 16.2. The summed E-state index contributed by atoms with van der Waals surface area (Å²) in [7, 11) is -3.65. The molecule has 0 spiro atoms. The van der Waals surface area contributed by atoms with E-state index in [9.17, 15) is 18.0 Å². The molecule has 2 aliphatic rings. The number of nitrogens with zero attached hydrogens (tertiary/aromatic N) is 2. The fraction of sp³-hybridized carbons (Fsp3) is 0.444. The highest BCUT2D eigenvalue weighted by Crippen LogP contribution is 2.35. The van der Waals surface area contributed by atoms with Crippen LogP contribution in [0.4, 0.5) is 5.69 Å². The van der Waals surface area contributed by atoms with Gasteiger partial charge in [0.05, 0.1) is 11.9 Å². The number of anilines is 1. The first-order valence-corrected chi connectivity index (χ1v) is 18.1. The molecule has 1 heterocycles. The van der Waals surface area contributed by atoms with Gasteiger partial charge in [-0.1, -0.05) is 79.4 Å². The smallest absolute Gasteiger partial charge is 0.243 e. The van der Waals surface area contributed by atoms with Gasteiger partial charge in [0.1, 0.15) is 19.3 Å². The van der Waals surface area contributed by atoms with Crippen LogP contribution in [0.1, 0.15) is 61.6 Å². The Kier molecular flexibility index (Phi) is 11.2. The third-order valence-corrected chi connectivity index (χ3v) is 9.82. The standard InChI is InChI=1S/C36H45N3O6S/c1-27-11-9-14-29(23-27)26-38(32(24-28-12-5-3-6-13-28)36(41)37-30-15-7-4-8-16-30)35(40)17-10-20-39(46(2,42)43)31-18-19-33-34(25-31)45-22-21-44-33/h3,5-6,9,11-14,18-19,23,25,30,32H,4,7-8,10,15-17,20-22,24,26H2,1-2H3,(H,37,41)/t32-/m0/s1. The molecule has 2 amide bonds. The van der Waals surface area contributed by atoms with Crippen molar-refractivity contribution in [2.45, 2.75) is 76.9 Å². The Morgan fingerprint density at radius 3 is 2.33 bits per heavy atom. The van der Waals surface area contributed by atoms with Gasteiger partial charge in [-0.05, 0) is 49.4 Å². The highest BCUT2D eigenvalue weighted by molar-refractivity contribution is 7.92. The molecule has 0 saturated heterocycles. The normalized spacial score (nSPS) is 15.5. The number of sulfonamides is 1. The summed E-state index contributed by atoms with van der Waals surface area (Å²) in [5.41, 5.74) is 3.42. The number of hydrogen-bond acceptors (Lipinski definition) is 6. The molecule has 1 aliphatic heterocycles. The van der Waals surface area contributed by atoms with Crippen molar-refractivity contribution < 1.29 is 27.5 Å². The molecule has 9 nitrogen and oxygen atoms in total. The number of fused-ring (bicyclic) bond motifs is 1. The molecule has 1 atom stereocenters. The Bertz CT molecular complexity index is 1590. The van der Waals surface area contributed by atoms with Gasteiger partial charge in [-0.15, -0.1) is 0 Å². The lowest BCUT2D eigenvalue weighted by Crippen LogP contribution is -2.53. The van der Waals surface area contributed by atoms with Crippen LogP contribution in [0.25, 0.3) is 0 Å². The van der Waals surface area contributed by atoms with Gasteiger partial charge in [0.2, 0.25) is 21.8 Å². The Morgan fingerprint density at radius 1 is 0.891 bits per heavy atom. The van der Waals surface area contributed by atoms with Crippen molar-refractivity contribution in [3.63, 3.8) is 0 Å². The first kappa shape index (κ1) is 33.3. The summed E-state index contributed by atoms with van der Waals surface area (Å²) >= 11 is 0. The van der Waals surface area contributed by atoms with E-state index in [2.05, 4.69) is 5.32 Å². The van der Waals surface area contributed by atoms with Gasteiger partial charge in [-0.2, -0.15) is 0 Å². The van der Waals surface area contributed by atoms with Crippen LogP contribution in [0.15, 0.2) is 72.8 Å². The molecule has 1 fully saturated rings. The number of carbonyl (C=O) groups excluding carboxylic acids is 2. The van der Waals surface area contributed by atoms with Gasteiger partial charge in [0, 0.05) is 38.0 Å². The van der Waals surface area contributed by atoms with Crippen molar-refractivity contribution in [3.05, 3.63) is 89.5 Å². The Labute approximate surface area is 272 Å². The lowest BCUT2D eigenvalue weighted by Gasteiger charge is -2.34. The fourth-order valence-corrected chi connectivity index (χ4v) is 7.25. The third-order valence-electron chi connectivity index (χ3n) is 8.62. The van der Waals surface area contributed by atoms with Crippen LogP contribution in [0, 0.1) is 6.92 Å². The van der Waals surface area contributed by atoms with Crippen LogP contribution in [0.3, 0.4) is 0 Å². The number of carbonyl (C=O) groups is 2. The van der Waals surface area contributed by atoms with E-state index in [1.165, 1.54) is 10.7 Å². The number of nitrogens with one attached hydrogen (secondary N) is 1. The van der Waals surface area contributed by atoms with E-state index >= 15 is 0 Å². The molecule has 1 N–H and O–H groups in total. The fourth-order valence-electron chi connectivity index (χ4n) is 6.30. The van der Waals surface area contributed by atoms with Crippen molar-refractivity contribution in [2.24, 2.45) is 0 Å². The van der Waals surface area contributed by atoms with Crippen molar-refractivity contribution in [3.8, 4) is 11.5 Å². The number of rotatable bonds is 13. The minimum Gasteiger partial charge on any atom is -0.486 e. The summed E-state index contributed by atoms with van der Waals surface area (Å²) in [5, 5.41) is 3.27. The Morgan fingerprint density at radius 2 is 1.61 bits per heavy atom. The predicted octanol–water partition coefficient (Wildman–Crippen LogP) is 5.40. The van der Waals surface area contributed by atoms with Crippen molar-refractivity contribution in [2.75, 3.05) is 30.3 Å². The average molecular weight is 648 g/mol. The molecule has 0 aromatic heterocycles. The molecule has 1 aliphatic carbocycles. The number of ether oxygens (including phenoxy) is 2. The maximum atomic E-state index is 14.2. The summed E-state index contributed by atoms with van der Waals surface area (Å²) in [4.78, 5) is 29.9. The van der Waals surface area contributed by atoms with Gasteiger partial charge >= 0.3 is 0 Å². The van der Waals surface area contributed by atoms with Crippen molar-refractivity contribution in [1.82, 2.24) is 10.2 Å². The zero-order valence-electron chi connectivity index (χ0n) is 26.8. The Hall–Kier alpha value is -4.05. The van der Waals surface area contributed by atoms with Crippen LogP contribution in [0.5, 0.6) is 11.5 Å².